The highest BCUT2D eigenvalue weighted by molar-refractivity contribution is 7.61. The van der Waals surface area contributed by atoms with Gasteiger partial charge in [0.15, 0.2) is 24.0 Å². The highest BCUT2D eigenvalue weighted by Crippen LogP contribution is 2.61. The molecule has 2 aliphatic rings. The van der Waals surface area contributed by atoms with Gasteiger partial charge in [0.2, 0.25) is 5.91 Å². The number of nitrogens with two attached hydrogens (primary N) is 1. The molecule has 0 aromatic carbocycles. The van der Waals surface area contributed by atoms with Crippen molar-refractivity contribution in [3.05, 3.63) is 12.7 Å². The fourth-order valence-corrected chi connectivity index (χ4v) is 6.35. The Morgan fingerprint density at radius 3 is 2.39 bits per heavy atom. The van der Waals surface area contributed by atoms with Crippen LogP contribution in [0.25, 0.3) is 11.2 Å². The number of aliphatic hydroxyl groups excluding tert-OH is 5. The van der Waals surface area contributed by atoms with Crippen molar-refractivity contribution in [1.29, 1.82) is 0 Å². The van der Waals surface area contributed by atoms with E-state index in [4.69, 9.17) is 19.7 Å². The highest BCUT2D eigenvalue weighted by Gasteiger charge is 2.50. The third-order valence-corrected chi connectivity index (χ3v) is 8.70. The average Bonchev–Trinajstić information content (AvgIpc) is 3.43. The number of imidazole rings is 1. The Balaban J connectivity index is 1.40. The van der Waals surface area contributed by atoms with Crippen LogP contribution < -0.4 is 11.1 Å². The first-order chi connectivity index (χ1) is 19.1. The van der Waals surface area contributed by atoms with Crippen LogP contribution in [0.1, 0.15) is 13.2 Å². The standard InChI is InChI=1S/C18H28N6O15P2/c1-6(26)23-9-13(29)11(27)7(2-25)37-18(9)38-41(33,34)39-40(31,32)35-3-8-12(28)14(30)17(36-8)24-5-22-10-15(19)20-4-21-16(10)24/h4-5,7-9,11-14,17-18,25,27-30H,2-3H2,1H3,(H,23,26)(H,31,32)(H,33,34)(H2,19,20,21). The Labute approximate surface area is 229 Å². The van der Waals surface area contributed by atoms with Crippen molar-refractivity contribution in [2.24, 2.45) is 0 Å². The number of hydrogen-bond donors (Lipinski definition) is 9. The molecule has 4 heterocycles. The molecule has 11 atom stereocenters. The zero-order valence-corrected chi connectivity index (χ0v) is 22.7. The molecular formula is C18H28N6O15P2. The van der Waals surface area contributed by atoms with Crippen LogP contribution in [0.4, 0.5) is 5.82 Å². The summed E-state index contributed by atoms with van der Waals surface area (Å²) < 4.78 is 50.5. The summed E-state index contributed by atoms with van der Waals surface area (Å²) in [6, 6.07) is -1.67. The minimum Gasteiger partial charge on any atom is -0.394 e. The molecule has 0 aliphatic carbocycles. The first kappa shape index (κ1) is 31.7. The summed E-state index contributed by atoms with van der Waals surface area (Å²) in [6.07, 6.45) is -10.9. The lowest BCUT2D eigenvalue weighted by Gasteiger charge is -2.42. The van der Waals surface area contributed by atoms with Crippen molar-refractivity contribution < 1.29 is 72.1 Å². The molecule has 41 heavy (non-hydrogen) atoms. The fraction of sp³-hybridized carbons (Fsp3) is 0.667. The average molecular weight is 630 g/mol. The Hall–Kier alpha value is -2.20. The number of aromatic nitrogens is 4. The van der Waals surface area contributed by atoms with Crippen molar-refractivity contribution in [2.75, 3.05) is 18.9 Å². The molecule has 1 amide bonds. The summed E-state index contributed by atoms with van der Waals surface area (Å²) >= 11 is 0. The van der Waals surface area contributed by atoms with Gasteiger partial charge >= 0.3 is 15.6 Å². The number of phosphoric acid groups is 2. The number of phosphoric ester groups is 2. The smallest absolute Gasteiger partial charge is 0.394 e. The molecule has 2 aromatic heterocycles. The molecule has 23 heteroatoms. The van der Waals surface area contributed by atoms with E-state index >= 15 is 0 Å². The summed E-state index contributed by atoms with van der Waals surface area (Å²) in [5.41, 5.74) is 6.06. The summed E-state index contributed by atoms with van der Waals surface area (Å²) in [6.45, 7) is -0.814. The summed E-state index contributed by atoms with van der Waals surface area (Å²) in [7, 11) is -11.1. The maximum atomic E-state index is 12.5. The zero-order chi connectivity index (χ0) is 30.3. The molecule has 2 aromatic rings. The van der Waals surface area contributed by atoms with Crippen LogP contribution in [0.3, 0.4) is 0 Å². The number of hydrogen-bond acceptors (Lipinski definition) is 17. The van der Waals surface area contributed by atoms with Crippen LogP contribution in [0.2, 0.25) is 0 Å². The molecule has 0 saturated carbocycles. The Bertz CT molecular complexity index is 1350. The number of ether oxygens (including phenoxy) is 2. The largest absolute Gasteiger partial charge is 0.483 e. The van der Waals surface area contributed by atoms with Gasteiger partial charge in [-0.05, 0) is 0 Å². The number of nitrogens with one attached hydrogen (secondary N) is 1. The van der Waals surface area contributed by atoms with Crippen LogP contribution in [0, 0.1) is 0 Å². The van der Waals surface area contributed by atoms with E-state index in [1.165, 1.54) is 10.9 Å². The Morgan fingerprint density at radius 1 is 1.05 bits per heavy atom. The normalized spacial score (nSPS) is 35.2. The molecular weight excluding hydrogens is 602 g/mol. The molecule has 2 fully saturated rings. The van der Waals surface area contributed by atoms with Gasteiger partial charge in [-0.25, -0.2) is 24.1 Å². The van der Waals surface area contributed by atoms with Crippen LogP contribution in [0.5, 0.6) is 0 Å². The number of anilines is 1. The first-order valence-electron chi connectivity index (χ1n) is 11.7. The molecule has 0 radical (unpaired) electrons. The molecule has 230 valence electrons. The molecule has 4 rings (SSSR count). The molecule has 21 nitrogen and oxygen atoms in total. The second-order valence-corrected chi connectivity index (χ2v) is 12.0. The van der Waals surface area contributed by atoms with E-state index < -0.39 is 89.9 Å². The van der Waals surface area contributed by atoms with Crippen molar-refractivity contribution in [1.82, 2.24) is 24.8 Å². The minimum absolute atomic E-state index is 0.0373. The van der Waals surface area contributed by atoms with Gasteiger partial charge in [-0.2, -0.15) is 4.31 Å². The number of aliphatic hydroxyl groups is 5. The van der Waals surface area contributed by atoms with Crippen molar-refractivity contribution in [2.45, 2.75) is 62.1 Å². The predicted molar refractivity (Wildman–Crippen MR) is 129 cm³/mol. The summed E-state index contributed by atoms with van der Waals surface area (Å²) in [5.74, 6) is -0.740. The second-order valence-electron chi connectivity index (χ2n) is 8.98. The summed E-state index contributed by atoms with van der Waals surface area (Å²) in [4.78, 5) is 43.4. The number of carbonyl (C=O) groups is 1. The molecule has 2 saturated heterocycles. The van der Waals surface area contributed by atoms with E-state index in [0.29, 0.717) is 0 Å². The fourth-order valence-electron chi connectivity index (χ4n) is 4.19. The first-order valence-corrected chi connectivity index (χ1v) is 14.7. The topological polar surface area (TPSA) is 321 Å². The van der Waals surface area contributed by atoms with E-state index in [-0.39, 0.29) is 17.0 Å². The van der Waals surface area contributed by atoms with E-state index in [9.17, 15) is 49.2 Å². The van der Waals surface area contributed by atoms with Gasteiger partial charge in [0.05, 0.1) is 19.5 Å². The van der Waals surface area contributed by atoms with Crippen molar-refractivity contribution >= 4 is 38.5 Å². The molecule has 0 bridgehead atoms. The van der Waals surface area contributed by atoms with Crippen LogP contribution in [0.15, 0.2) is 12.7 Å². The second kappa shape index (κ2) is 12.2. The predicted octanol–water partition coefficient (Wildman–Crippen LogP) is -3.78. The Kier molecular flexibility index (Phi) is 9.43. The van der Waals surface area contributed by atoms with E-state index in [2.05, 4.69) is 29.1 Å². The number of nitrogens with zero attached hydrogens (tertiary/aromatic N) is 4. The van der Waals surface area contributed by atoms with Crippen molar-refractivity contribution in [3.63, 3.8) is 0 Å². The van der Waals surface area contributed by atoms with Gasteiger partial charge in [-0.1, -0.05) is 0 Å². The summed E-state index contributed by atoms with van der Waals surface area (Å²) in [5, 5.41) is 52.6. The van der Waals surface area contributed by atoms with Crippen molar-refractivity contribution in [3.8, 4) is 0 Å². The number of nitrogen functional groups attached to an aromatic ring is 1. The quantitative estimate of drug-likeness (QED) is 0.114. The van der Waals surface area contributed by atoms with Gasteiger partial charge in [-0.3, -0.25) is 18.4 Å². The maximum Gasteiger partial charge on any atom is 0.483 e. The molecule has 11 unspecified atom stereocenters. The van der Waals surface area contributed by atoms with E-state index in [1.54, 1.807) is 0 Å². The maximum absolute atomic E-state index is 12.5. The molecule has 2 aliphatic heterocycles. The number of carbonyl (C=O) groups excluding carboxylic acids is 1. The minimum atomic E-state index is -5.60. The number of rotatable bonds is 10. The zero-order valence-electron chi connectivity index (χ0n) is 20.9. The van der Waals surface area contributed by atoms with Crippen LogP contribution >= 0.6 is 15.6 Å². The number of fused-ring (bicyclic) bond motifs is 1. The van der Waals surface area contributed by atoms with E-state index in [1.807, 2.05) is 0 Å². The van der Waals surface area contributed by atoms with Crippen LogP contribution in [-0.2, 0) is 36.8 Å². The lowest BCUT2D eigenvalue weighted by molar-refractivity contribution is -0.247. The van der Waals surface area contributed by atoms with Gasteiger partial charge in [-0.15, -0.1) is 0 Å². The third kappa shape index (κ3) is 6.90. The van der Waals surface area contributed by atoms with Gasteiger partial charge in [0.25, 0.3) is 0 Å². The van der Waals surface area contributed by atoms with E-state index in [0.717, 1.165) is 13.3 Å². The van der Waals surface area contributed by atoms with Gasteiger partial charge in [0, 0.05) is 6.92 Å². The van der Waals surface area contributed by atoms with Crippen LogP contribution in [-0.4, -0.2) is 123 Å². The molecule has 10 N–H and O–H groups in total. The lowest BCUT2D eigenvalue weighted by atomic mass is 9.97. The SMILES string of the molecule is CC(=O)NC1C(OP(=O)(O)OP(=O)(O)OCC2OC(n3cnc4c(N)ncnc43)C(O)C2O)OC(CO)C(O)C1O. The Morgan fingerprint density at radius 2 is 1.73 bits per heavy atom. The van der Waals surface area contributed by atoms with Gasteiger partial charge in [0.1, 0.15) is 54.5 Å². The van der Waals surface area contributed by atoms with Gasteiger partial charge < -0.3 is 55.8 Å². The highest BCUT2D eigenvalue weighted by atomic mass is 31.3. The lowest BCUT2D eigenvalue weighted by Crippen LogP contribution is -2.64. The monoisotopic (exact) mass is 630 g/mol. The number of amides is 1. The third-order valence-electron chi connectivity index (χ3n) is 6.09. The molecule has 0 spiro atoms.